The Hall–Kier alpha value is -1.75. The molecule has 2 rings (SSSR count). The molecule has 1 heterocycles. The maximum absolute atomic E-state index is 13.1. The van der Waals surface area contributed by atoms with E-state index in [2.05, 4.69) is 9.97 Å². The SMILES string of the molecule is O=Cc1cc(F)cc(Sc2ccncn2)c1. The summed E-state index contributed by atoms with van der Waals surface area (Å²) in [6.45, 7) is 0. The van der Waals surface area contributed by atoms with Crippen molar-refractivity contribution >= 4 is 18.0 Å². The molecule has 1 aromatic heterocycles. The molecule has 1 aromatic carbocycles. The minimum Gasteiger partial charge on any atom is -0.298 e. The Morgan fingerprint density at radius 3 is 2.88 bits per heavy atom. The van der Waals surface area contributed by atoms with Crippen LogP contribution in [0.4, 0.5) is 4.39 Å². The molecule has 0 aliphatic carbocycles. The van der Waals surface area contributed by atoms with Crippen molar-refractivity contribution in [2.45, 2.75) is 9.92 Å². The molecule has 0 saturated carbocycles. The van der Waals surface area contributed by atoms with Gasteiger partial charge in [0.15, 0.2) is 0 Å². The summed E-state index contributed by atoms with van der Waals surface area (Å²) in [7, 11) is 0. The van der Waals surface area contributed by atoms with Crippen LogP contribution in [0.3, 0.4) is 0 Å². The number of hydrogen-bond donors (Lipinski definition) is 0. The van der Waals surface area contributed by atoms with E-state index >= 15 is 0 Å². The molecule has 0 saturated heterocycles. The standard InChI is InChI=1S/C11H7FN2OS/c12-9-3-8(6-15)4-10(5-9)16-11-1-2-13-7-14-11/h1-7H. The van der Waals surface area contributed by atoms with Crippen molar-refractivity contribution in [1.82, 2.24) is 9.97 Å². The highest BCUT2D eigenvalue weighted by molar-refractivity contribution is 7.99. The van der Waals surface area contributed by atoms with E-state index in [4.69, 9.17) is 0 Å². The third-order valence-electron chi connectivity index (χ3n) is 1.81. The number of carbonyl (C=O) groups is 1. The maximum Gasteiger partial charge on any atom is 0.150 e. The minimum absolute atomic E-state index is 0.316. The van der Waals surface area contributed by atoms with Gasteiger partial charge in [0.25, 0.3) is 0 Å². The zero-order valence-electron chi connectivity index (χ0n) is 8.13. The summed E-state index contributed by atoms with van der Waals surface area (Å²) in [4.78, 5) is 19.0. The summed E-state index contributed by atoms with van der Waals surface area (Å²) in [5.74, 6) is -0.429. The van der Waals surface area contributed by atoms with Gasteiger partial charge < -0.3 is 0 Å². The third-order valence-corrected chi connectivity index (χ3v) is 2.73. The Kier molecular flexibility index (Phi) is 3.26. The van der Waals surface area contributed by atoms with Gasteiger partial charge in [0.2, 0.25) is 0 Å². The van der Waals surface area contributed by atoms with Crippen LogP contribution in [0.15, 0.2) is 46.7 Å². The lowest BCUT2D eigenvalue weighted by Gasteiger charge is -2.01. The molecule has 0 N–H and O–H groups in total. The first-order valence-electron chi connectivity index (χ1n) is 4.47. The molecule has 0 aliphatic rings. The van der Waals surface area contributed by atoms with E-state index in [1.54, 1.807) is 18.3 Å². The zero-order chi connectivity index (χ0) is 11.4. The Bertz CT molecular complexity index is 505. The molecule has 0 amide bonds. The van der Waals surface area contributed by atoms with Crippen LogP contribution in [-0.4, -0.2) is 16.3 Å². The first-order chi connectivity index (χ1) is 7.78. The van der Waals surface area contributed by atoms with E-state index in [1.165, 1.54) is 30.2 Å². The second-order valence-corrected chi connectivity index (χ2v) is 4.08. The number of aldehydes is 1. The van der Waals surface area contributed by atoms with Gasteiger partial charge in [0.05, 0.1) is 0 Å². The van der Waals surface area contributed by atoms with Crippen LogP contribution in [0.5, 0.6) is 0 Å². The molecule has 0 unspecified atom stereocenters. The normalized spacial score (nSPS) is 10.1. The molecule has 0 aliphatic heterocycles. The van der Waals surface area contributed by atoms with E-state index < -0.39 is 5.82 Å². The number of nitrogens with zero attached hydrogens (tertiary/aromatic N) is 2. The quantitative estimate of drug-likeness (QED) is 0.604. The smallest absolute Gasteiger partial charge is 0.150 e. The molecule has 5 heteroatoms. The van der Waals surface area contributed by atoms with Crippen LogP contribution in [-0.2, 0) is 0 Å². The number of halogens is 1. The lowest BCUT2D eigenvalue weighted by Crippen LogP contribution is -1.86. The van der Waals surface area contributed by atoms with E-state index in [1.807, 2.05) is 0 Å². The Morgan fingerprint density at radius 1 is 1.31 bits per heavy atom. The van der Waals surface area contributed by atoms with E-state index in [0.29, 0.717) is 21.8 Å². The van der Waals surface area contributed by atoms with E-state index in [-0.39, 0.29) is 0 Å². The van der Waals surface area contributed by atoms with Crippen LogP contribution in [0.25, 0.3) is 0 Å². The lowest BCUT2D eigenvalue weighted by molar-refractivity contribution is 0.112. The highest BCUT2D eigenvalue weighted by Gasteiger charge is 2.03. The van der Waals surface area contributed by atoms with E-state index in [0.717, 1.165) is 0 Å². The first-order valence-corrected chi connectivity index (χ1v) is 5.29. The molecule has 2 aromatic rings. The van der Waals surface area contributed by atoms with Crippen LogP contribution >= 0.6 is 11.8 Å². The fourth-order valence-corrected chi connectivity index (χ4v) is 2.01. The number of hydrogen-bond acceptors (Lipinski definition) is 4. The number of benzene rings is 1. The van der Waals surface area contributed by atoms with Crippen molar-refractivity contribution in [2.24, 2.45) is 0 Å². The number of rotatable bonds is 3. The molecule has 3 nitrogen and oxygen atoms in total. The molecule has 80 valence electrons. The molecular weight excluding hydrogens is 227 g/mol. The van der Waals surface area contributed by atoms with Gasteiger partial charge in [-0.25, -0.2) is 14.4 Å². The monoisotopic (exact) mass is 234 g/mol. The average molecular weight is 234 g/mol. The van der Waals surface area contributed by atoms with Crippen molar-refractivity contribution < 1.29 is 9.18 Å². The second-order valence-electron chi connectivity index (χ2n) is 2.99. The zero-order valence-corrected chi connectivity index (χ0v) is 8.95. The average Bonchev–Trinajstić information content (AvgIpc) is 2.29. The minimum atomic E-state index is -0.429. The van der Waals surface area contributed by atoms with Gasteiger partial charge in [-0.3, -0.25) is 4.79 Å². The van der Waals surface area contributed by atoms with Gasteiger partial charge in [0.1, 0.15) is 23.5 Å². The Morgan fingerprint density at radius 2 is 2.19 bits per heavy atom. The molecule has 0 fully saturated rings. The first kappa shape index (κ1) is 10.8. The van der Waals surface area contributed by atoms with Crippen molar-refractivity contribution in [3.05, 3.63) is 48.2 Å². The summed E-state index contributed by atoms with van der Waals surface area (Å²) < 4.78 is 13.1. The molecule has 0 spiro atoms. The topological polar surface area (TPSA) is 42.9 Å². The van der Waals surface area contributed by atoms with E-state index in [9.17, 15) is 9.18 Å². The maximum atomic E-state index is 13.1. The molecule has 0 radical (unpaired) electrons. The number of carbonyl (C=O) groups excluding carboxylic acids is 1. The molecule has 0 atom stereocenters. The Balaban J connectivity index is 2.28. The van der Waals surface area contributed by atoms with Crippen LogP contribution in [0.2, 0.25) is 0 Å². The predicted molar refractivity (Wildman–Crippen MR) is 57.9 cm³/mol. The molecule has 0 bridgehead atoms. The summed E-state index contributed by atoms with van der Waals surface area (Å²) in [5, 5.41) is 0.706. The summed E-state index contributed by atoms with van der Waals surface area (Å²) in [5.41, 5.74) is 0.316. The highest BCUT2D eigenvalue weighted by Crippen LogP contribution is 2.26. The van der Waals surface area contributed by atoms with Crippen molar-refractivity contribution in [3.63, 3.8) is 0 Å². The summed E-state index contributed by atoms with van der Waals surface area (Å²) >= 11 is 1.28. The van der Waals surface area contributed by atoms with Gasteiger partial charge >= 0.3 is 0 Å². The highest BCUT2D eigenvalue weighted by atomic mass is 32.2. The summed E-state index contributed by atoms with van der Waals surface area (Å²) in [6.07, 6.45) is 3.64. The predicted octanol–water partition coefficient (Wildman–Crippen LogP) is 2.58. The molecule has 16 heavy (non-hydrogen) atoms. The summed E-state index contributed by atoms with van der Waals surface area (Å²) in [6, 6.07) is 5.88. The molecular formula is C11H7FN2OS. The fourth-order valence-electron chi connectivity index (χ4n) is 1.17. The van der Waals surface area contributed by atoms with Gasteiger partial charge in [-0.1, -0.05) is 11.8 Å². The lowest BCUT2D eigenvalue weighted by atomic mass is 10.2. The van der Waals surface area contributed by atoms with Crippen molar-refractivity contribution in [2.75, 3.05) is 0 Å². The second kappa shape index (κ2) is 4.85. The largest absolute Gasteiger partial charge is 0.298 e. The van der Waals surface area contributed by atoms with Gasteiger partial charge in [0, 0.05) is 16.7 Å². The van der Waals surface area contributed by atoms with Crippen LogP contribution < -0.4 is 0 Å². The fraction of sp³-hybridized carbons (Fsp3) is 0. The van der Waals surface area contributed by atoms with Crippen molar-refractivity contribution in [3.8, 4) is 0 Å². The van der Waals surface area contributed by atoms with Gasteiger partial charge in [-0.05, 0) is 24.3 Å². The van der Waals surface area contributed by atoms with Gasteiger partial charge in [-0.15, -0.1) is 0 Å². The van der Waals surface area contributed by atoms with Crippen LogP contribution in [0, 0.1) is 5.82 Å². The number of aromatic nitrogens is 2. The van der Waals surface area contributed by atoms with Gasteiger partial charge in [-0.2, -0.15) is 0 Å². The van der Waals surface area contributed by atoms with Crippen LogP contribution in [0.1, 0.15) is 10.4 Å². The third kappa shape index (κ3) is 2.64. The Labute approximate surface area is 95.7 Å². The van der Waals surface area contributed by atoms with Crippen molar-refractivity contribution in [1.29, 1.82) is 0 Å².